The highest BCUT2D eigenvalue weighted by molar-refractivity contribution is 7.21. The maximum absolute atomic E-state index is 6.43. The van der Waals surface area contributed by atoms with Crippen LogP contribution in [0.15, 0.2) is 150 Å². The van der Waals surface area contributed by atoms with Crippen LogP contribution >= 0.6 is 11.3 Å². The van der Waals surface area contributed by atoms with Gasteiger partial charge in [-0.3, -0.25) is 0 Å². The molecule has 0 atom stereocenters. The van der Waals surface area contributed by atoms with Crippen molar-refractivity contribution in [2.75, 3.05) is 0 Å². The van der Waals surface area contributed by atoms with Gasteiger partial charge in [0.05, 0.1) is 15.8 Å². The summed E-state index contributed by atoms with van der Waals surface area (Å²) in [5, 5.41) is 2.88. The molecule has 9 aromatic rings. The standard InChI is InChI=1S/C40H24N4OS/c1-4-12-25(13-5-1)26-20-22-28(23-21-26)38-42-37(27-14-6-2-7-15-27)43-39(44-38)35-34-30-18-10-11-19-31(30)45-32(34)24-33-36(35)41-40(46-33)29-16-8-3-9-17-29/h1-24H. The molecular weight excluding hydrogens is 585 g/mol. The number of furan rings is 1. The van der Waals surface area contributed by atoms with E-state index >= 15 is 0 Å². The van der Waals surface area contributed by atoms with Crippen LogP contribution in [0.3, 0.4) is 0 Å². The molecule has 0 unspecified atom stereocenters. The quantitative estimate of drug-likeness (QED) is 0.194. The highest BCUT2D eigenvalue weighted by Crippen LogP contribution is 2.44. The zero-order chi connectivity index (χ0) is 30.5. The van der Waals surface area contributed by atoms with Gasteiger partial charge in [0.15, 0.2) is 17.5 Å². The summed E-state index contributed by atoms with van der Waals surface area (Å²) in [6, 6.07) is 49.3. The van der Waals surface area contributed by atoms with Gasteiger partial charge in [-0.25, -0.2) is 19.9 Å². The maximum atomic E-state index is 6.43. The molecule has 0 N–H and O–H groups in total. The number of benzene rings is 6. The topological polar surface area (TPSA) is 64.7 Å². The van der Waals surface area contributed by atoms with Gasteiger partial charge in [-0.15, -0.1) is 11.3 Å². The Bertz CT molecular complexity index is 2510. The van der Waals surface area contributed by atoms with E-state index in [0.29, 0.717) is 17.5 Å². The van der Waals surface area contributed by atoms with E-state index in [9.17, 15) is 0 Å². The third-order valence-corrected chi connectivity index (χ3v) is 9.24. The molecule has 0 saturated carbocycles. The van der Waals surface area contributed by atoms with E-state index in [2.05, 4.69) is 72.8 Å². The average Bonchev–Trinajstić information content (AvgIpc) is 3.73. The van der Waals surface area contributed by atoms with Crippen molar-refractivity contribution in [3.05, 3.63) is 146 Å². The minimum atomic E-state index is 0.558. The van der Waals surface area contributed by atoms with Gasteiger partial charge in [0.25, 0.3) is 0 Å². The van der Waals surface area contributed by atoms with Crippen molar-refractivity contribution in [2.24, 2.45) is 0 Å². The summed E-state index contributed by atoms with van der Waals surface area (Å²) in [6.07, 6.45) is 0. The third kappa shape index (κ3) is 4.55. The normalized spacial score (nSPS) is 11.5. The van der Waals surface area contributed by atoms with Crippen molar-refractivity contribution in [2.45, 2.75) is 0 Å². The smallest absolute Gasteiger partial charge is 0.167 e. The van der Waals surface area contributed by atoms with Crippen LogP contribution in [0.2, 0.25) is 0 Å². The van der Waals surface area contributed by atoms with Gasteiger partial charge in [-0.2, -0.15) is 0 Å². The first-order valence-electron chi connectivity index (χ1n) is 15.1. The number of hydrogen-bond acceptors (Lipinski definition) is 6. The summed E-state index contributed by atoms with van der Waals surface area (Å²) in [5.74, 6) is 1.76. The number of aromatic nitrogens is 4. The second-order valence-electron chi connectivity index (χ2n) is 11.1. The number of fused-ring (bicyclic) bond motifs is 4. The molecule has 0 aliphatic heterocycles. The molecular formula is C40H24N4OS. The minimum Gasteiger partial charge on any atom is -0.456 e. The Morgan fingerprint density at radius 1 is 0.435 bits per heavy atom. The fourth-order valence-electron chi connectivity index (χ4n) is 5.97. The Kier molecular flexibility index (Phi) is 6.25. The Balaban J connectivity index is 1.32. The van der Waals surface area contributed by atoms with Crippen LogP contribution in [0.5, 0.6) is 0 Å². The summed E-state index contributed by atoms with van der Waals surface area (Å²) in [6.45, 7) is 0. The van der Waals surface area contributed by atoms with Crippen molar-refractivity contribution in [3.8, 4) is 55.9 Å². The molecule has 6 heteroatoms. The van der Waals surface area contributed by atoms with Gasteiger partial charge in [-0.1, -0.05) is 133 Å². The molecule has 5 nitrogen and oxygen atoms in total. The summed E-state index contributed by atoms with van der Waals surface area (Å²) in [7, 11) is 0. The van der Waals surface area contributed by atoms with Gasteiger partial charge in [-0.05, 0) is 17.2 Å². The largest absolute Gasteiger partial charge is 0.456 e. The number of rotatable bonds is 5. The molecule has 0 amide bonds. The van der Waals surface area contributed by atoms with Gasteiger partial charge in [0, 0.05) is 33.5 Å². The summed E-state index contributed by atoms with van der Waals surface area (Å²) < 4.78 is 7.44. The Morgan fingerprint density at radius 3 is 1.65 bits per heavy atom. The summed E-state index contributed by atoms with van der Waals surface area (Å²) in [5.41, 5.74) is 8.47. The predicted molar refractivity (Wildman–Crippen MR) is 187 cm³/mol. The van der Waals surface area contributed by atoms with Crippen LogP contribution in [0.4, 0.5) is 0 Å². The predicted octanol–water partition coefficient (Wildman–Crippen LogP) is 10.7. The van der Waals surface area contributed by atoms with Crippen molar-refractivity contribution in [3.63, 3.8) is 0 Å². The number of hydrogen-bond donors (Lipinski definition) is 0. The Labute approximate surface area is 268 Å². The van der Waals surface area contributed by atoms with Crippen LogP contribution in [0.1, 0.15) is 0 Å². The van der Waals surface area contributed by atoms with Gasteiger partial charge in [0.2, 0.25) is 0 Å². The molecule has 0 aliphatic carbocycles. The van der Waals surface area contributed by atoms with Gasteiger partial charge >= 0.3 is 0 Å². The Hall–Kier alpha value is -5.98. The molecule has 0 spiro atoms. The van der Waals surface area contributed by atoms with Crippen LogP contribution in [-0.2, 0) is 0 Å². The third-order valence-electron chi connectivity index (χ3n) is 8.19. The number of nitrogens with zero attached hydrogens (tertiary/aromatic N) is 4. The zero-order valence-corrected chi connectivity index (χ0v) is 25.3. The second kappa shape index (κ2) is 10.9. The average molecular weight is 609 g/mol. The van der Waals surface area contributed by atoms with E-state index in [4.69, 9.17) is 24.4 Å². The van der Waals surface area contributed by atoms with E-state index in [-0.39, 0.29) is 0 Å². The molecule has 3 aromatic heterocycles. The molecule has 0 fully saturated rings. The van der Waals surface area contributed by atoms with E-state index < -0.39 is 0 Å². The van der Waals surface area contributed by atoms with E-state index in [0.717, 1.165) is 70.5 Å². The fourth-order valence-corrected chi connectivity index (χ4v) is 6.98. The maximum Gasteiger partial charge on any atom is 0.167 e. The van der Waals surface area contributed by atoms with E-state index in [1.807, 2.05) is 72.8 Å². The van der Waals surface area contributed by atoms with Crippen molar-refractivity contribution in [1.82, 2.24) is 19.9 Å². The van der Waals surface area contributed by atoms with Crippen molar-refractivity contribution >= 4 is 43.5 Å². The van der Waals surface area contributed by atoms with Crippen LogP contribution in [0.25, 0.3) is 88.0 Å². The summed E-state index contributed by atoms with van der Waals surface area (Å²) >= 11 is 1.64. The molecule has 0 aliphatic rings. The van der Waals surface area contributed by atoms with Crippen LogP contribution in [0, 0.1) is 0 Å². The first kappa shape index (κ1) is 26.4. The fraction of sp³-hybridized carbons (Fsp3) is 0. The molecule has 0 radical (unpaired) electrons. The highest BCUT2D eigenvalue weighted by atomic mass is 32.1. The SMILES string of the molecule is c1ccc(-c2ccc(-c3nc(-c4ccccc4)nc(-c4c5nc(-c6ccccc6)sc5cc5oc6ccccc6c45)n3)cc2)cc1. The molecule has 216 valence electrons. The first-order chi connectivity index (χ1) is 22.8. The van der Waals surface area contributed by atoms with Gasteiger partial charge < -0.3 is 4.42 Å². The van der Waals surface area contributed by atoms with Crippen molar-refractivity contribution < 1.29 is 4.42 Å². The second-order valence-corrected chi connectivity index (χ2v) is 12.1. The van der Waals surface area contributed by atoms with Crippen LogP contribution < -0.4 is 0 Å². The van der Waals surface area contributed by atoms with Gasteiger partial charge in [0.1, 0.15) is 16.2 Å². The number of para-hydroxylation sites is 1. The van der Waals surface area contributed by atoms with Crippen molar-refractivity contribution in [1.29, 1.82) is 0 Å². The monoisotopic (exact) mass is 608 g/mol. The Morgan fingerprint density at radius 2 is 0.957 bits per heavy atom. The van der Waals surface area contributed by atoms with E-state index in [1.54, 1.807) is 11.3 Å². The number of thiazole rings is 1. The first-order valence-corrected chi connectivity index (χ1v) is 15.9. The van der Waals surface area contributed by atoms with Crippen LogP contribution in [-0.4, -0.2) is 19.9 Å². The lowest BCUT2D eigenvalue weighted by Crippen LogP contribution is -2.01. The molecule has 46 heavy (non-hydrogen) atoms. The molecule has 6 aromatic carbocycles. The summed E-state index contributed by atoms with van der Waals surface area (Å²) in [4.78, 5) is 20.5. The molecule has 9 rings (SSSR count). The molecule has 3 heterocycles. The lowest BCUT2D eigenvalue weighted by molar-refractivity contribution is 0.669. The zero-order valence-electron chi connectivity index (χ0n) is 24.5. The lowest BCUT2D eigenvalue weighted by atomic mass is 10.0. The minimum absolute atomic E-state index is 0.558. The highest BCUT2D eigenvalue weighted by Gasteiger charge is 2.23. The van der Waals surface area contributed by atoms with E-state index in [1.165, 1.54) is 0 Å². The lowest BCUT2D eigenvalue weighted by Gasteiger charge is -2.10. The molecule has 0 bridgehead atoms. The molecule has 0 saturated heterocycles.